The molecular formula is C12H16O3. The molecule has 1 aromatic carbocycles. The highest BCUT2D eigenvalue weighted by atomic mass is 16.5. The van der Waals surface area contributed by atoms with Gasteiger partial charge in [0.25, 0.3) is 0 Å². The van der Waals surface area contributed by atoms with E-state index in [1.54, 1.807) is 7.11 Å². The van der Waals surface area contributed by atoms with Gasteiger partial charge >= 0.3 is 0 Å². The van der Waals surface area contributed by atoms with Gasteiger partial charge in [0.1, 0.15) is 0 Å². The second kappa shape index (κ2) is 4.53. The van der Waals surface area contributed by atoms with Crippen molar-refractivity contribution in [3.05, 3.63) is 24.3 Å². The quantitative estimate of drug-likeness (QED) is 0.800. The second-order valence-electron chi connectivity index (χ2n) is 3.90. The maximum absolute atomic E-state index is 8.89. The smallest absolute Gasteiger partial charge is 0.161 e. The number of benzene rings is 1. The van der Waals surface area contributed by atoms with Gasteiger partial charge in [0.15, 0.2) is 11.5 Å². The summed E-state index contributed by atoms with van der Waals surface area (Å²) in [6, 6.07) is 7.62. The molecule has 0 heterocycles. The van der Waals surface area contributed by atoms with Crippen LogP contribution >= 0.6 is 0 Å². The van der Waals surface area contributed by atoms with Crippen molar-refractivity contribution in [1.29, 1.82) is 0 Å². The average Bonchev–Trinajstić information content (AvgIpc) is 3.05. The fraction of sp³-hybridized carbons (Fsp3) is 0.500. The van der Waals surface area contributed by atoms with Crippen molar-refractivity contribution in [2.45, 2.75) is 6.42 Å². The minimum Gasteiger partial charge on any atom is -0.493 e. The molecule has 1 saturated carbocycles. The highest BCUT2D eigenvalue weighted by molar-refractivity contribution is 5.39. The summed E-state index contributed by atoms with van der Waals surface area (Å²) in [4.78, 5) is 0. The Morgan fingerprint density at radius 2 is 2.00 bits per heavy atom. The fourth-order valence-electron chi connectivity index (χ4n) is 1.67. The van der Waals surface area contributed by atoms with Gasteiger partial charge in [-0.25, -0.2) is 0 Å². The normalized spacial score (nSPS) is 23.6. The average molecular weight is 208 g/mol. The number of aliphatic hydroxyl groups excluding tert-OH is 1. The number of aliphatic hydroxyl groups is 1. The highest BCUT2D eigenvalue weighted by Crippen LogP contribution is 2.38. The van der Waals surface area contributed by atoms with Crippen LogP contribution in [0.5, 0.6) is 11.5 Å². The van der Waals surface area contributed by atoms with E-state index in [0.29, 0.717) is 18.4 Å². The molecular weight excluding hydrogens is 192 g/mol. The zero-order chi connectivity index (χ0) is 10.7. The number of rotatable bonds is 5. The van der Waals surface area contributed by atoms with Crippen molar-refractivity contribution in [2.75, 3.05) is 20.3 Å². The minimum atomic E-state index is 0.278. The summed E-state index contributed by atoms with van der Waals surface area (Å²) in [6.07, 6.45) is 1.08. The Morgan fingerprint density at radius 3 is 2.60 bits per heavy atom. The summed E-state index contributed by atoms with van der Waals surface area (Å²) < 4.78 is 10.8. The molecule has 3 nitrogen and oxygen atoms in total. The Labute approximate surface area is 89.6 Å². The van der Waals surface area contributed by atoms with Crippen LogP contribution < -0.4 is 9.47 Å². The maximum Gasteiger partial charge on any atom is 0.161 e. The molecule has 2 unspecified atom stereocenters. The van der Waals surface area contributed by atoms with E-state index in [1.807, 2.05) is 24.3 Å². The Morgan fingerprint density at radius 1 is 1.27 bits per heavy atom. The third-order valence-corrected chi connectivity index (χ3v) is 2.83. The molecule has 15 heavy (non-hydrogen) atoms. The molecule has 2 rings (SSSR count). The van der Waals surface area contributed by atoms with Crippen molar-refractivity contribution in [2.24, 2.45) is 11.8 Å². The zero-order valence-electron chi connectivity index (χ0n) is 8.85. The van der Waals surface area contributed by atoms with E-state index in [-0.39, 0.29) is 6.61 Å². The van der Waals surface area contributed by atoms with E-state index in [9.17, 15) is 0 Å². The van der Waals surface area contributed by atoms with Crippen LogP contribution in [0.3, 0.4) is 0 Å². The van der Waals surface area contributed by atoms with E-state index >= 15 is 0 Å². The lowest BCUT2D eigenvalue weighted by atomic mass is 10.3. The first kappa shape index (κ1) is 10.3. The van der Waals surface area contributed by atoms with Crippen molar-refractivity contribution < 1.29 is 14.6 Å². The van der Waals surface area contributed by atoms with Crippen LogP contribution in [0.2, 0.25) is 0 Å². The fourth-order valence-corrected chi connectivity index (χ4v) is 1.67. The Hall–Kier alpha value is -1.22. The first-order chi connectivity index (χ1) is 7.35. The molecule has 0 radical (unpaired) electrons. The minimum absolute atomic E-state index is 0.278. The van der Waals surface area contributed by atoms with E-state index in [1.165, 1.54) is 0 Å². The molecule has 0 spiro atoms. The standard InChI is InChI=1S/C12H16O3/c1-14-11-4-2-3-5-12(11)15-8-10-6-9(10)7-13/h2-5,9-10,13H,6-8H2,1H3. The molecule has 1 aromatic rings. The number of hydrogen-bond donors (Lipinski definition) is 1. The van der Waals surface area contributed by atoms with Gasteiger partial charge < -0.3 is 14.6 Å². The topological polar surface area (TPSA) is 38.7 Å². The van der Waals surface area contributed by atoms with E-state index in [0.717, 1.165) is 17.9 Å². The van der Waals surface area contributed by atoms with Gasteiger partial charge in [0, 0.05) is 6.61 Å². The molecule has 0 aliphatic heterocycles. The summed E-state index contributed by atoms with van der Waals surface area (Å²) in [6.45, 7) is 0.950. The summed E-state index contributed by atoms with van der Waals surface area (Å²) in [7, 11) is 1.63. The van der Waals surface area contributed by atoms with Crippen LogP contribution in [-0.2, 0) is 0 Å². The van der Waals surface area contributed by atoms with Gasteiger partial charge in [0.2, 0.25) is 0 Å². The lowest BCUT2D eigenvalue weighted by Crippen LogP contribution is -2.03. The number of methoxy groups -OCH3 is 1. The van der Waals surface area contributed by atoms with Gasteiger partial charge in [-0.2, -0.15) is 0 Å². The molecule has 82 valence electrons. The summed E-state index contributed by atoms with van der Waals surface area (Å²) >= 11 is 0. The van der Waals surface area contributed by atoms with E-state index in [4.69, 9.17) is 14.6 Å². The number of para-hydroxylation sites is 2. The third-order valence-electron chi connectivity index (χ3n) is 2.83. The van der Waals surface area contributed by atoms with Gasteiger partial charge in [-0.05, 0) is 30.4 Å². The van der Waals surface area contributed by atoms with Crippen LogP contribution in [0.4, 0.5) is 0 Å². The van der Waals surface area contributed by atoms with Crippen LogP contribution in [0.15, 0.2) is 24.3 Å². The van der Waals surface area contributed by atoms with Crippen molar-refractivity contribution >= 4 is 0 Å². The van der Waals surface area contributed by atoms with Crippen molar-refractivity contribution in [3.63, 3.8) is 0 Å². The molecule has 1 aliphatic carbocycles. The van der Waals surface area contributed by atoms with Crippen LogP contribution in [0.25, 0.3) is 0 Å². The zero-order valence-corrected chi connectivity index (χ0v) is 8.85. The monoisotopic (exact) mass is 208 g/mol. The molecule has 0 bridgehead atoms. The van der Waals surface area contributed by atoms with Crippen LogP contribution in [0.1, 0.15) is 6.42 Å². The Balaban J connectivity index is 1.88. The predicted octanol–water partition coefficient (Wildman–Crippen LogP) is 1.70. The number of ether oxygens (including phenoxy) is 2. The Bertz CT molecular complexity index is 324. The van der Waals surface area contributed by atoms with E-state index < -0.39 is 0 Å². The molecule has 2 atom stereocenters. The largest absolute Gasteiger partial charge is 0.493 e. The van der Waals surface area contributed by atoms with Gasteiger partial charge in [-0.1, -0.05) is 12.1 Å². The molecule has 1 aliphatic rings. The molecule has 1 N–H and O–H groups in total. The van der Waals surface area contributed by atoms with Gasteiger partial charge in [-0.15, -0.1) is 0 Å². The molecule has 0 aromatic heterocycles. The van der Waals surface area contributed by atoms with Gasteiger partial charge in [-0.3, -0.25) is 0 Å². The molecule has 3 heteroatoms. The summed E-state index contributed by atoms with van der Waals surface area (Å²) in [5.74, 6) is 2.50. The maximum atomic E-state index is 8.89. The Kier molecular flexibility index (Phi) is 3.11. The SMILES string of the molecule is COc1ccccc1OCC1CC1CO. The summed E-state index contributed by atoms with van der Waals surface area (Å²) in [5, 5.41) is 8.89. The highest BCUT2D eigenvalue weighted by Gasteiger charge is 2.36. The molecule has 0 amide bonds. The van der Waals surface area contributed by atoms with Gasteiger partial charge in [0.05, 0.1) is 13.7 Å². The molecule has 1 fully saturated rings. The third kappa shape index (κ3) is 2.42. The van der Waals surface area contributed by atoms with E-state index in [2.05, 4.69) is 0 Å². The number of hydrogen-bond acceptors (Lipinski definition) is 3. The lowest BCUT2D eigenvalue weighted by Gasteiger charge is -2.09. The summed E-state index contributed by atoms with van der Waals surface area (Å²) in [5.41, 5.74) is 0. The predicted molar refractivity (Wildman–Crippen MR) is 57.2 cm³/mol. The first-order valence-electron chi connectivity index (χ1n) is 5.22. The lowest BCUT2D eigenvalue weighted by molar-refractivity contribution is 0.238. The van der Waals surface area contributed by atoms with Crippen molar-refractivity contribution in [1.82, 2.24) is 0 Å². The first-order valence-corrected chi connectivity index (χ1v) is 5.22. The van der Waals surface area contributed by atoms with Crippen LogP contribution in [-0.4, -0.2) is 25.4 Å². The van der Waals surface area contributed by atoms with Crippen LogP contribution in [0, 0.1) is 11.8 Å². The second-order valence-corrected chi connectivity index (χ2v) is 3.90. The molecule has 0 saturated heterocycles. The van der Waals surface area contributed by atoms with Crippen molar-refractivity contribution in [3.8, 4) is 11.5 Å².